The van der Waals surface area contributed by atoms with Crippen LogP contribution >= 0.6 is 19.4 Å². The molecule has 0 aromatic heterocycles. The topological polar surface area (TPSA) is 94.5 Å². The van der Waals surface area contributed by atoms with Gasteiger partial charge in [0.1, 0.15) is 5.75 Å². The number of hydrogen-bond acceptors (Lipinski definition) is 5. The van der Waals surface area contributed by atoms with E-state index in [-0.39, 0.29) is 22.1 Å². The maximum atomic E-state index is 11.6. The van der Waals surface area contributed by atoms with Crippen LogP contribution in [0.15, 0.2) is 59.7 Å². The molecule has 4 aliphatic carbocycles. The third-order valence-electron chi connectivity index (χ3n) is 8.87. The van der Waals surface area contributed by atoms with Crippen LogP contribution in [-0.4, -0.2) is 15.4 Å². The van der Waals surface area contributed by atoms with Gasteiger partial charge in [0.15, 0.2) is 11.4 Å². The molecule has 5 unspecified atom stereocenters. The zero-order valence-electron chi connectivity index (χ0n) is 19.0. The molecule has 184 valence electrons. The summed E-state index contributed by atoms with van der Waals surface area (Å²) in [5, 5.41) is 0.0904. The molecule has 1 heterocycles. The van der Waals surface area contributed by atoms with Gasteiger partial charge in [0.25, 0.3) is 5.79 Å². The Balaban J connectivity index is 1.41. The second-order valence-corrected chi connectivity index (χ2v) is 12.1. The lowest BCUT2D eigenvalue weighted by atomic mass is 9.58. The van der Waals surface area contributed by atoms with Gasteiger partial charge in [-0.05, 0) is 75.1 Å². The van der Waals surface area contributed by atoms with Crippen LogP contribution in [0, 0.1) is 17.3 Å². The van der Waals surface area contributed by atoms with Crippen molar-refractivity contribution in [2.75, 3.05) is 0 Å². The number of halogens is 1. The Morgan fingerprint density at radius 1 is 1.06 bits per heavy atom. The molecule has 9 heteroatoms. The maximum absolute atomic E-state index is 11.6. The summed E-state index contributed by atoms with van der Waals surface area (Å²) in [5.74, 6) is -0.0927. The van der Waals surface area contributed by atoms with Gasteiger partial charge < -0.3 is 9.26 Å². The highest BCUT2D eigenvalue weighted by molar-refractivity contribution is 7.46. The zero-order chi connectivity index (χ0) is 24.1. The summed E-state index contributed by atoms with van der Waals surface area (Å²) in [5.41, 5.74) is 2.85. The summed E-state index contributed by atoms with van der Waals surface area (Å²) in [4.78, 5) is 31.2. The van der Waals surface area contributed by atoms with Gasteiger partial charge in [-0.3, -0.25) is 9.79 Å². The Hall–Kier alpha value is -1.86. The number of phosphoric acid groups is 1. The normalized spacial score (nSPS) is 36.9. The van der Waals surface area contributed by atoms with Crippen LogP contribution in [0.2, 0.25) is 5.02 Å². The monoisotopic (exact) mass is 516 g/mol. The van der Waals surface area contributed by atoms with Gasteiger partial charge in [-0.15, -0.1) is 0 Å². The molecular formula is C26H26ClO7P. The molecule has 2 aromatic carbocycles. The minimum atomic E-state index is -4.83. The van der Waals surface area contributed by atoms with Crippen molar-refractivity contribution in [3.05, 3.63) is 70.3 Å². The second-order valence-electron chi connectivity index (χ2n) is 10.5. The van der Waals surface area contributed by atoms with E-state index in [0.29, 0.717) is 17.2 Å². The number of allylic oxidation sites excluding steroid dienone is 1. The number of hydrogen-bond donors (Lipinski definition) is 2. The highest BCUT2D eigenvalue weighted by Crippen LogP contribution is 2.84. The first-order valence-electron chi connectivity index (χ1n) is 12.1. The fourth-order valence-electron chi connectivity index (χ4n) is 7.55. The van der Waals surface area contributed by atoms with Gasteiger partial charge in [0.2, 0.25) is 0 Å². The number of para-hydroxylation sites is 1. The van der Waals surface area contributed by atoms with Gasteiger partial charge in [-0.25, -0.2) is 9.45 Å². The number of fused-ring (bicyclic) bond motifs is 1. The van der Waals surface area contributed by atoms with Gasteiger partial charge in [0.05, 0.1) is 5.02 Å². The maximum Gasteiger partial charge on any atom is 0.524 e. The zero-order valence-corrected chi connectivity index (χ0v) is 20.6. The Kier molecular flexibility index (Phi) is 4.69. The van der Waals surface area contributed by atoms with E-state index in [9.17, 15) is 14.4 Å². The molecule has 7 rings (SSSR count). The van der Waals surface area contributed by atoms with Crippen molar-refractivity contribution in [3.63, 3.8) is 0 Å². The van der Waals surface area contributed by atoms with Crippen LogP contribution in [0.4, 0.5) is 0 Å². The lowest BCUT2D eigenvalue weighted by Gasteiger charge is -2.62. The standard InChI is InChI=1S/C26H26ClO7P/c27-22-11-10-17(13-23(22)32-35(28,29)30)26(31-19-7-2-1-3-8-19)25(33-34-26)21-12-18-15-24(18,25)14-16-6-4-5-9-20(16)21/h1-3,7-8,10-11,13,18,21H,4-6,9,12,14-15H2,(H2,28,29,30). The first kappa shape index (κ1) is 22.3. The van der Waals surface area contributed by atoms with E-state index in [1.54, 1.807) is 17.7 Å². The van der Waals surface area contributed by atoms with Crippen molar-refractivity contribution < 1.29 is 33.4 Å². The summed E-state index contributed by atoms with van der Waals surface area (Å²) >= 11 is 6.26. The van der Waals surface area contributed by atoms with Gasteiger partial charge in [0, 0.05) is 16.9 Å². The summed E-state index contributed by atoms with van der Waals surface area (Å²) in [6.07, 6.45) is 7.74. The highest BCUT2D eigenvalue weighted by Gasteiger charge is 2.90. The van der Waals surface area contributed by atoms with Crippen molar-refractivity contribution in [1.82, 2.24) is 0 Å². The van der Waals surface area contributed by atoms with Crippen molar-refractivity contribution >= 4 is 19.4 Å². The Labute approximate surface area is 208 Å². The van der Waals surface area contributed by atoms with Gasteiger partial charge in [-0.1, -0.05) is 47.0 Å². The van der Waals surface area contributed by atoms with Crippen LogP contribution in [-0.2, 0) is 20.1 Å². The van der Waals surface area contributed by atoms with E-state index < -0.39 is 19.2 Å². The van der Waals surface area contributed by atoms with E-state index >= 15 is 0 Å². The predicted octanol–water partition coefficient (Wildman–Crippen LogP) is 6.04. The SMILES string of the molecule is O=P(O)(O)Oc1cc(C2(Oc3ccccc3)OOC23C2CC4CC43CC3=C2CCCC3)ccc1Cl. The molecule has 7 nitrogen and oxygen atoms in total. The number of rotatable bonds is 5. The predicted molar refractivity (Wildman–Crippen MR) is 127 cm³/mol. The minimum absolute atomic E-state index is 0.0786. The lowest BCUT2D eigenvalue weighted by Crippen LogP contribution is -2.74. The summed E-state index contributed by atoms with van der Waals surface area (Å²) in [6.45, 7) is 0. The molecule has 35 heavy (non-hydrogen) atoms. The van der Waals surface area contributed by atoms with E-state index in [1.165, 1.54) is 24.5 Å². The van der Waals surface area contributed by atoms with E-state index in [4.69, 9.17) is 30.6 Å². The van der Waals surface area contributed by atoms with E-state index in [2.05, 4.69) is 0 Å². The first-order chi connectivity index (χ1) is 16.8. The molecule has 3 fully saturated rings. The molecule has 0 amide bonds. The third kappa shape index (κ3) is 2.97. The van der Waals surface area contributed by atoms with Gasteiger partial charge in [-0.2, -0.15) is 4.89 Å². The minimum Gasteiger partial charge on any atom is -0.452 e. The van der Waals surface area contributed by atoms with Gasteiger partial charge >= 0.3 is 7.82 Å². The summed E-state index contributed by atoms with van der Waals surface area (Å²) < 4.78 is 23.3. The molecule has 1 aliphatic heterocycles. The van der Waals surface area contributed by atoms with Crippen molar-refractivity contribution in [3.8, 4) is 11.5 Å². The molecule has 0 radical (unpaired) electrons. The molecule has 2 spiro atoms. The number of ether oxygens (including phenoxy) is 1. The van der Waals surface area contributed by atoms with Crippen LogP contribution in [0.3, 0.4) is 0 Å². The van der Waals surface area contributed by atoms with Crippen molar-refractivity contribution in [2.45, 2.75) is 56.3 Å². The average Bonchev–Trinajstić information content (AvgIpc) is 3.44. The Bertz CT molecular complexity index is 1290. The quantitative estimate of drug-likeness (QED) is 0.284. The van der Waals surface area contributed by atoms with Crippen molar-refractivity contribution in [2.24, 2.45) is 17.3 Å². The smallest absolute Gasteiger partial charge is 0.452 e. The number of benzene rings is 2. The largest absolute Gasteiger partial charge is 0.524 e. The molecular weight excluding hydrogens is 491 g/mol. The van der Waals surface area contributed by atoms with Crippen LogP contribution in [0.25, 0.3) is 0 Å². The summed E-state index contributed by atoms with van der Waals surface area (Å²) in [7, 11) is -4.83. The first-order valence-corrected chi connectivity index (χ1v) is 14.1. The van der Waals surface area contributed by atoms with E-state index in [1.807, 2.05) is 30.3 Å². The lowest BCUT2D eigenvalue weighted by molar-refractivity contribution is -0.626. The molecule has 2 bridgehead atoms. The van der Waals surface area contributed by atoms with Crippen LogP contribution in [0.1, 0.15) is 50.5 Å². The molecule has 5 aliphatic rings. The average molecular weight is 517 g/mol. The van der Waals surface area contributed by atoms with Crippen LogP contribution < -0.4 is 9.26 Å². The number of phosphoric ester groups is 1. The fourth-order valence-corrected chi connectivity index (χ4v) is 8.17. The highest BCUT2D eigenvalue weighted by atomic mass is 35.5. The Morgan fingerprint density at radius 3 is 2.60 bits per heavy atom. The molecule has 1 saturated heterocycles. The van der Waals surface area contributed by atoms with Crippen molar-refractivity contribution in [1.29, 1.82) is 0 Å². The molecule has 2 N–H and O–H groups in total. The molecule has 5 atom stereocenters. The second kappa shape index (κ2) is 7.34. The summed E-state index contributed by atoms with van der Waals surface area (Å²) in [6, 6.07) is 14.3. The van der Waals surface area contributed by atoms with E-state index in [0.717, 1.165) is 32.1 Å². The Morgan fingerprint density at radius 2 is 1.86 bits per heavy atom. The molecule has 2 aromatic rings. The fraction of sp³-hybridized carbons (Fsp3) is 0.462. The third-order valence-corrected chi connectivity index (χ3v) is 9.62. The van der Waals surface area contributed by atoms with Crippen LogP contribution in [0.5, 0.6) is 11.5 Å². The molecule has 2 saturated carbocycles.